The Morgan fingerprint density at radius 2 is 2.18 bits per heavy atom. The Balaban J connectivity index is 2.16. The van der Waals surface area contributed by atoms with Gasteiger partial charge in [-0.2, -0.15) is 0 Å². The van der Waals surface area contributed by atoms with E-state index >= 15 is 0 Å². The van der Waals surface area contributed by atoms with Crippen LogP contribution in [0.25, 0.3) is 0 Å². The second kappa shape index (κ2) is 5.39. The maximum atomic E-state index is 5.36. The van der Waals surface area contributed by atoms with Gasteiger partial charge in [-0.3, -0.25) is 0 Å². The zero-order valence-electron chi connectivity index (χ0n) is 10.2. The summed E-state index contributed by atoms with van der Waals surface area (Å²) < 4.78 is 5.36. The third kappa shape index (κ3) is 2.78. The molecule has 0 saturated heterocycles. The highest BCUT2D eigenvalue weighted by Crippen LogP contribution is 2.16. The van der Waals surface area contributed by atoms with Gasteiger partial charge in [0.2, 0.25) is 0 Å². The van der Waals surface area contributed by atoms with Gasteiger partial charge in [0, 0.05) is 13.6 Å². The maximum Gasteiger partial charge on any atom is 0.131 e. The van der Waals surface area contributed by atoms with E-state index in [2.05, 4.69) is 22.1 Å². The summed E-state index contributed by atoms with van der Waals surface area (Å²) in [6.45, 7) is 3.74. The highest BCUT2D eigenvalue weighted by Gasteiger charge is 2.08. The Morgan fingerprint density at radius 3 is 2.82 bits per heavy atom. The Morgan fingerprint density at radius 1 is 1.29 bits per heavy atom. The third-order valence-corrected chi connectivity index (χ3v) is 2.62. The average Bonchev–Trinajstić information content (AvgIpc) is 2.89. The summed E-state index contributed by atoms with van der Waals surface area (Å²) in [6, 6.07) is 9.84. The van der Waals surface area contributed by atoms with Gasteiger partial charge in [-0.05, 0) is 31.2 Å². The van der Waals surface area contributed by atoms with Crippen molar-refractivity contribution in [3.63, 3.8) is 0 Å². The molecule has 0 saturated carbocycles. The zero-order chi connectivity index (χ0) is 12.1. The minimum atomic E-state index is 0.740. The van der Waals surface area contributed by atoms with E-state index in [1.165, 1.54) is 0 Å². The van der Waals surface area contributed by atoms with Crippen LogP contribution in [0.3, 0.4) is 0 Å². The van der Waals surface area contributed by atoms with Crippen molar-refractivity contribution in [2.24, 2.45) is 0 Å². The summed E-state index contributed by atoms with van der Waals surface area (Å²) in [4.78, 5) is 6.68. The van der Waals surface area contributed by atoms with E-state index in [0.29, 0.717) is 0 Å². The number of furan rings is 1. The topological polar surface area (TPSA) is 41.3 Å². The highest BCUT2D eigenvalue weighted by atomic mass is 16.3. The molecule has 2 rings (SSSR count). The van der Waals surface area contributed by atoms with Gasteiger partial charge in [0.1, 0.15) is 17.4 Å². The molecule has 1 N–H and O–H groups in total. The van der Waals surface area contributed by atoms with Crippen LogP contribution in [-0.2, 0) is 6.54 Å². The van der Waals surface area contributed by atoms with E-state index in [9.17, 15) is 0 Å². The monoisotopic (exact) mass is 231 g/mol. The minimum Gasteiger partial charge on any atom is -0.467 e. The highest BCUT2D eigenvalue weighted by molar-refractivity contribution is 5.46. The van der Waals surface area contributed by atoms with Crippen LogP contribution in [0.1, 0.15) is 12.7 Å². The lowest BCUT2D eigenvalue weighted by Crippen LogP contribution is -2.22. The molecule has 0 aliphatic heterocycles. The summed E-state index contributed by atoms with van der Waals surface area (Å²) >= 11 is 0. The molecule has 0 bridgehead atoms. The van der Waals surface area contributed by atoms with E-state index in [1.807, 2.05) is 37.4 Å². The lowest BCUT2D eigenvalue weighted by atomic mass is 10.3. The SMILES string of the molecule is CCN(Cc1ccco1)c1cccc(NC)n1. The Hall–Kier alpha value is -1.97. The number of rotatable bonds is 5. The first-order chi connectivity index (χ1) is 8.33. The molecule has 0 aliphatic carbocycles. The quantitative estimate of drug-likeness (QED) is 0.859. The molecule has 90 valence electrons. The van der Waals surface area contributed by atoms with Crippen molar-refractivity contribution in [1.82, 2.24) is 4.98 Å². The van der Waals surface area contributed by atoms with Crippen molar-refractivity contribution in [2.75, 3.05) is 23.8 Å². The van der Waals surface area contributed by atoms with Crippen LogP contribution in [-0.4, -0.2) is 18.6 Å². The summed E-state index contributed by atoms with van der Waals surface area (Å²) in [5.74, 6) is 2.78. The zero-order valence-corrected chi connectivity index (χ0v) is 10.2. The normalized spacial score (nSPS) is 10.2. The van der Waals surface area contributed by atoms with Crippen LogP contribution in [0.5, 0.6) is 0 Å². The van der Waals surface area contributed by atoms with Crippen LogP contribution < -0.4 is 10.2 Å². The number of aromatic nitrogens is 1. The van der Waals surface area contributed by atoms with Crippen molar-refractivity contribution in [2.45, 2.75) is 13.5 Å². The number of nitrogens with zero attached hydrogens (tertiary/aromatic N) is 2. The molecule has 0 aromatic carbocycles. The Kier molecular flexibility index (Phi) is 3.65. The molecule has 0 aliphatic rings. The molecular weight excluding hydrogens is 214 g/mol. The smallest absolute Gasteiger partial charge is 0.131 e. The molecule has 2 aromatic rings. The molecule has 0 amide bonds. The van der Waals surface area contributed by atoms with E-state index in [1.54, 1.807) is 6.26 Å². The molecular formula is C13H17N3O. The lowest BCUT2D eigenvalue weighted by molar-refractivity contribution is 0.503. The standard InChI is InChI=1S/C13H17N3O/c1-3-16(10-11-6-5-9-17-11)13-8-4-7-12(14-2)15-13/h4-9H,3,10H2,1-2H3,(H,14,15). The van der Waals surface area contributed by atoms with Gasteiger partial charge in [0.25, 0.3) is 0 Å². The fourth-order valence-corrected chi connectivity index (χ4v) is 1.68. The maximum absolute atomic E-state index is 5.36. The van der Waals surface area contributed by atoms with Crippen molar-refractivity contribution in [1.29, 1.82) is 0 Å². The van der Waals surface area contributed by atoms with E-state index in [4.69, 9.17) is 4.42 Å². The molecule has 0 unspecified atom stereocenters. The van der Waals surface area contributed by atoms with Crippen molar-refractivity contribution >= 4 is 11.6 Å². The van der Waals surface area contributed by atoms with Crippen LogP contribution in [0.15, 0.2) is 41.0 Å². The predicted octanol–water partition coefficient (Wildman–Crippen LogP) is 2.74. The predicted molar refractivity (Wildman–Crippen MR) is 69.2 cm³/mol. The van der Waals surface area contributed by atoms with Gasteiger partial charge in [0.15, 0.2) is 0 Å². The van der Waals surface area contributed by atoms with Gasteiger partial charge in [-0.1, -0.05) is 6.07 Å². The molecule has 17 heavy (non-hydrogen) atoms. The Labute approximate surface area is 101 Å². The fourth-order valence-electron chi connectivity index (χ4n) is 1.68. The molecule has 2 aromatic heterocycles. The number of hydrogen-bond donors (Lipinski definition) is 1. The first kappa shape index (κ1) is 11.5. The number of anilines is 2. The van der Waals surface area contributed by atoms with Gasteiger partial charge in [-0.25, -0.2) is 4.98 Å². The lowest BCUT2D eigenvalue weighted by Gasteiger charge is -2.21. The summed E-state index contributed by atoms with van der Waals surface area (Å²) in [7, 11) is 1.87. The second-order valence-electron chi connectivity index (χ2n) is 3.72. The van der Waals surface area contributed by atoms with Crippen molar-refractivity contribution < 1.29 is 4.42 Å². The molecule has 0 atom stereocenters. The molecule has 4 heteroatoms. The van der Waals surface area contributed by atoms with Gasteiger partial charge < -0.3 is 14.6 Å². The van der Waals surface area contributed by atoms with Crippen LogP contribution >= 0.6 is 0 Å². The summed E-state index contributed by atoms with van der Waals surface area (Å²) in [6.07, 6.45) is 1.70. The Bertz CT molecular complexity index is 453. The summed E-state index contributed by atoms with van der Waals surface area (Å²) in [5.41, 5.74) is 0. The molecule has 0 spiro atoms. The van der Waals surface area contributed by atoms with Gasteiger partial charge in [0.05, 0.1) is 12.8 Å². The molecule has 4 nitrogen and oxygen atoms in total. The fraction of sp³-hybridized carbons (Fsp3) is 0.308. The van der Waals surface area contributed by atoms with Crippen LogP contribution in [0, 0.1) is 0 Å². The largest absolute Gasteiger partial charge is 0.467 e. The second-order valence-corrected chi connectivity index (χ2v) is 3.72. The van der Waals surface area contributed by atoms with E-state index in [0.717, 1.165) is 30.5 Å². The third-order valence-electron chi connectivity index (χ3n) is 2.62. The van der Waals surface area contributed by atoms with Gasteiger partial charge in [-0.15, -0.1) is 0 Å². The number of pyridine rings is 1. The molecule has 0 radical (unpaired) electrons. The minimum absolute atomic E-state index is 0.740. The van der Waals surface area contributed by atoms with Crippen molar-refractivity contribution in [3.05, 3.63) is 42.4 Å². The van der Waals surface area contributed by atoms with Crippen LogP contribution in [0.4, 0.5) is 11.6 Å². The van der Waals surface area contributed by atoms with E-state index < -0.39 is 0 Å². The van der Waals surface area contributed by atoms with E-state index in [-0.39, 0.29) is 0 Å². The molecule has 0 fully saturated rings. The molecule has 2 heterocycles. The number of hydrogen-bond acceptors (Lipinski definition) is 4. The van der Waals surface area contributed by atoms with Crippen molar-refractivity contribution in [3.8, 4) is 0 Å². The number of nitrogens with one attached hydrogen (secondary N) is 1. The van der Waals surface area contributed by atoms with Gasteiger partial charge >= 0.3 is 0 Å². The average molecular weight is 231 g/mol. The van der Waals surface area contributed by atoms with Crippen LogP contribution in [0.2, 0.25) is 0 Å². The first-order valence-electron chi connectivity index (χ1n) is 5.75. The first-order valence-corrected chi connectivity index (χ1v) is 5.75. The summed E-state index contributed by atoms with van der Waals surface area (Å²) in [5, 5.41) is 3.04.